The van der Waals surface area contributed by atoms with Crippen molar-refractivity contribution in [3.8, 4) is 5.75 Å². The minimum atomic E-state index is -3.09. The quantitative estimate of drug-likeness (QED) is 0.865. The van der Waals surface area contributed by atoms with Gasteiger partial charge in [0.15, 0.2) is 5.82 Å². The van der Waals surface area contributed by atoms with Gasteiger partial charge in [-0.3, -0.25) is 10.00 Å². The molecule has 8 nitrogen and oxygen atoms in total. The standard InChI is InChI=1S/C16H19FN4O4S/c1-26(23,24)9-7-21-5-4-15(19-21)18-16(22)20-6-8-25-14-10-13(17)3-2-12(14)11-20/h2-5,10H,6-9,11H2,1H3,(H,18,19,22). The van der Waals surface area contributed by atoms with Gasteiger partial charge in [-0.2, -0.15) is 5.10 Å². The molecule has 1 aromatic carbocycles. The van der Waals surface area contributed by atoms with Crippen molar-refractivity contribution in [1.29, 1.82) is 0 Å². The highest BCUT2D eigenvalue weighted by atomic mass is 32.2. The first-order valence-corrected chi connectivity index (χ1v) is 10.0. The van der Waals surface area contributed by atoms with E-state index in [4.69, 9.17) is 4.74 Å². The van der Waals surface area contributed by atoms with E-state index in [1.165, 1.54) is 16.8 Å². The molecule has 0 aliphatic carbocycles. The number of nitrogens with one attached hydrogen (secondary N) is 1. The van der Waals surface area contributed by atoms with Crippen LogP contribution >= 0.6 is 0 Å². The second-order valence-corrected chi connectivity index (χ2v) is 8.31. The lowest BCUT2D eigenvalue weighted by Crippen LogP contribution is -2.36. The molecule has 0 saturated carbocycles. The molecule has 0 fully saturated rings. The zero-order chi connectivity index (χ0) is 18.7. The lowest BCUT2D eigenvalue weighted by atomic mass is 10.2. The number of hydrogen-bond acceptors (Lipinski definition) is 5. The van der Waals surface area contributed by atoms with Crippen LogP contribution in [0.4, 0.5) is 15.0 Å². The summed E-state index contributed by atoms with van der Waals surface area (Å²) in [5.74, 6) is 0.346. The zero-order valence-electron chi connectivity index (χ0n) is 14.2. The van der Waals surface area contributed by atoms with E-state index >= 15 is 0 Å². The first kappa shape index (κ1) is 18.2. The number of halogens is 1. The van der Waals surface area contributed by atoms with Gasteiger partial charge in [0, 0.05) is 30.1 Å². The number of aromatic nitrogens is 2. The SMILES string of the molecule is CS(=O)(=O)CCn1ccc(NC(=O)N2CCOc3cc(F)ccc3C2)n1. The summed E-state index contributed by atoms with van der Waals surface area (Å²) in [7, 11) is -3.09. The number of nitrogens with zero attached hydrogens (tertiary/aromatic N) is 3. The number of anilines is 1. The van der Waals surface area contributed by atoms with E-state index in [2.05, 4.69) is 10.4 Å². The number of urea groups is 1. The van der Waals surface area contributed by atoms with Crippen molar-refractivity contribution in [2.75, 3.05) is 30.5 Å². The second kappa shape index (κ2) is 7.32. The van der Waals surface area contributed by atoms with Gasteiger partial charge in [-0.05, 0) is 6.07 Å². The third-order valence-electron chi connectivity index (χ3n) is 3.86. The molecule has 2 heterocycles. The number of ether oxygens (including phenoxy) is 1. The highest BCUT2D eigenvalue weighted by Crippen LogP contribution is 2.24. The monoisotopic (exact) mass is 382 g/mol. The molecule has 2 aromatic rings. The summed E-state index contributed by atoms with van der Waals surface area (Å²) in [6.45, 7) is 1.10. The molecule has 1 N–H and O–H groups in total. The van der Waals surface area contributed by atoms with Gasteiger partial charge in [0.05, 0.1) is 25.4 Å². The molecular weight excluding hydrogens is 363 g/mol. The predicted molar refractivity (Wildman–Crippen MR) is 93.3 cm³/mol. The number of carbonyl (C=O) groups excluding carboxylic acids is 1. The summed E-state index contributed by atoms with van der Waals surface area (Å²) in [6, 6.07) is 5.46. The molecule has 3 rings (SSSR count). The van der Waals surface area contributed by atoms with Gasteiger partial charge < -0.3 is 9.64 Å². The van der Waals surface area contributed by atoms with Crippen LogP contribution in [0.1, 0.15) is 5.56 Å². The number of aryl methyl sites for hydroxylation is 1. The minimum Gasteiger partial charge on any atom is -0.491 e. The fourth-order valence-corrected chi connectivity index (χ4v) is 3.04. The number of amides is 2. The molecule has 1 aliphatic rings. The van der Waals surface area contributed by atoms with Crippen molar-refractivity contribution in [2.24, 2.45) is 0 Å². The van der Waals surface area contributed by atoms with E-state index < -0.39 is 9.84 Å². The summed E-state index contributed by atoms with van der Waals surface area (Å²) in [5.41, 5.74) is 0.720. The van der Waals surface area contributed by atoms with E-state index in [1.807, 2.05) is 0 Å². The predicted octanol–water partition coefficient (Wildman–Crippen LogP) is 1.49. The molecule has 0 radical (unpaired) electrons. The molecule has 0 bridgehead atoms. The Balaban J connectivity index is 1.63. The van der Waals surface area contributed by atoms with E-state index in [-0.39, 0.29) is 37.3 Å². The van der Waals surface area contributed by atoms with Crippen molar-refractivity contribution in [3.63, 3.8) is 0 Å². The molecule has 1 aromatic heterocycles. The summed E-state index contributed by atoms with van der Waals surface area (Å²) in [5, 5.41) is 6.82. The van der Waals surface area contributed by atoms with Gasteiger partial charge in [0.2, 0.25) is 0 Å². The lowest BCUT2D eigenvalue weighted by Gasteiger charge is -2.19. The first-order valence-electron chi connectivity index (χ1n) is 7.98. The van der Waals surface area contributed by atoms with E-state index in [9.17, 15) is 17.6 Å². The lowest BCUT2D eigenvalue weighted by molar-refractivity contribution is 0.200. The van der Waals surface area contributed by atoms with Crippen LogP contribution in [0, 0.1) is 5.82 Å². The molecule has 140 valence electrons. The Kier molecular flexibility index (Phi) is 5.12. The number of hydrogen-bond donors (Lipinski definition) is 1. The normalized spacial score (nSPS) is 14.3. The number of carbonyl (C=O) groups is 1. The minimum absolute atomic E-state index is 0.0289. The van der Waals surface area contributed by atoms with Crippen molar-refractivity contribution in [3.05, 3.63) is 41.8 Å². The maximum atomic E-state index is 13.3. The Morgan fingerprint density at radius 1 is 1.38 bits per heavy atom. The van der Waals surface area contributed by atoms with Gasteiger partial charge in [0.1, 0.15) is 28.0 Å². The molecule has 2 amide bonds. The summed E-state index contributed by atoms with van der Waals surface area (Å²) >= 11 is 0. The molecule has 0 atom stereocenters. The average Bonchev–Trinajstić information content (AvgIpc) is 2.89. The molecule has 0 spiro atoms. The molecule has 10 heteroatoms. The Bertz CT molecular complexity index is 913. The number of fused-ring (bicyclic) bond motifs is 1. The smallest absolute Gasteiger partial charge is 0.323 e. The van der Waals surface area contributed by atoms with Crippen LogP contribution < -0.4 is 10.1 Å². The highest BCUT2D eigenvalue weighted by Gasteiger charge is 2.21. The fourth-order valence-electron chi connectivity index (χ4n) is 2.52. The largest absolute Gasteiger partial charge is 0.491 e. The van der Waals surface area contributed by atoms with Crippen LogP contribution in [0.5, 0.6) is 5.75 Å². The fraction of sp³-hybridized carbons (Fsp3) is 0.375. The summed E-state index contributed by atoms with van der Waals surface area (Å²) in [4.78, 5) is 14.0. The van der Waals surface area contributed by atoms with Crippen molar-refractivity contribution in [2.45, 2.75) is 13.1 Å². The summed E-state index contributed by atoms with van der Waals surface area (Å²) < 4.78 is 42.6. The third kappa shape index (κ3) is 4.72. The number of benzene rings is 1. The topological polar surface area (TPSA) is 93.5 Å². The molecule has 26 heavy (non-hydrogen) atoms. The van der Waals surface area contributed by atoms with Crippen molar-refractivity contribution < 1.29 is 22.3 Å². The maximum absolute atomic E-state index is 13.3. The van der Waals surface area contributed by atoms with E-state index in [0.717, 1.165) is 11.8 Å². The maximum Gasteiger partial charge on any atom is 0.323 e. The van der Waals surface area contributed by atoms with Gasteiger partial charge >= 0.3 is 6.03 Å². The zero-order valence-corrected chi connectivity index (χ0v) is 15.0. The average molecular weight is 382 g/mol. The Hall–Kier alpha value is -2.62. The molecule has 0 saturated heterocycles. The second-order valence-electron chi connectivity index (χ2n) is 6.05. The van der Waals surface area contributed by atoms with Gasteiger partial charge in [-0.25, -0.2) is 17.6 Å². The van der Waals surface area contributed by atoms with Gasteiger partial charge in [-0.1, -0.05) is 6.07 Å². The Morgan fingerprint density at radius 2 is 2.19 bits per heavy atom. The van der Waals surface area contributed by atoms with Crippen LogP contribution in [0.2, 0.25) is 0 Å². The Labute approximate surface area is 150 Å². The number of sulfone groups is 1. The highest BCUT2D eigenvalue weighted by molar-refractivity contribution is 7.90. The van der Waals surface area contributed by atoms with Gasteiger partial charge in [0.25, 0.3) is 0 Å². The first-order chi connectivity index (χ1) is 12.3. The van der Waals surface area contributed by atoms with Crippen molar-refractivity contribution >= 4 is 21.7 Å². The van der Waals surface area contributed by atoms with Crippen LogP contribution in [0.25, 0.3) is 0 Å². The van der Waals surface area contributed by atoms with Gasteiger partial charge in [-0.15, -0.1) is 0 Å². The van der Waals surface area contributed by atoms with Crippen LogP contribution in [0.15, 0.2) is 30.5 Å². The van der Waals surface area contributed by atoms with E-state index in [1.54, 1.807) is 23.2 Å². The molecule has 0 unspecified atom stereocenters. The number of rotatable bonds is 4. The summed E-state index contributed by atoms with van der Waals surface area (Å²) in [6.07, 6.45) is 2.76. The van der Waals surface area contributed by atoms with Crippen LogP contribution in [-0.4, -0.2) is 54.3 Å². The van der Waals surface area contributed by atoms with Crippen LogP contribution in [0.3, 0.4) is 0 Å². The molecular formula is C16H19FN4O4S. The molecule has 1 aliphatic heterocycles. The van der Waals surface area contributed by atoms with Crippen molar-refractivity contribution in [1.82, 2.24) is 14.7 Å². The van der Waals surface area contributed by atoms with Crippen LogP contribution in [-0.2, 0) is 22.9 Å². The third-order valence-corrected chi connectivity index (χ3v) is 4.79. The van der Waals surface area contributed by atoms with E-state index in [0.29, 0.717) is 18.1 Å². The Morgan fingerprint density at radius 3 is 2.96 bits per heavy atom.